The van der Waals surface area contributed by atoms with Crippen molar-refractivity contribution in [3.05, 3.63) is 29.8 Å². The smallest absolute Gasteiger partial charge is 0.407 e. The van der Waals surface area contributed by atoms with Crippen LogP contribution in [0.25, 0.3) is 0 Å². The summed E-state index contributed by atoms with van der Waals surface area (Å²) in [4.78, 5) is 11.3. The van der Waals surface area contributed by atoms with E-state index in [1.165, 1.54) is 0 Å². The number of carbonyl (C=O) groups is 1. The summed E-state index contributed by atoms with van der Waals surface area (Å²) in [7, 11) is 0. The van der Waals surface area contributed by atoms with Crippen molar-refractivity contribution in [2.45, 2.75) is 39.7 Å². The number of amides is 1. The highest BCUT2D eigenvalue weighted by Crippen LogP contribution is 2.10. The Morgan fingerprint density at radius 2 is 1.80 bits per heavy atom. The fourth-order valence-corrected chi connectivity index (χ4v) is 1.29. The molecule has 0 bridgehead atoms. The summed E-state index contributed by atoms with van der Waals surface area (Å²) in [6, 6.07) is 6.91. The molecule has 4 N–H and O–H groups in total. The normalized spacial score (nSPS) is 10.2. The highest BCUT2D eigenvalue weighted by molar-refractivity contribution is 5.67. The lowest BCUT2D eigenvalue weighted by Crippen LogP contribution is -2.33. The minimum absolute atomic E-state index is 0.244. The molecule has 0 saturated heterocycles. The molecule has 0 spiro atoms. The lowest BCUT2D eigenvalue weighted by molar-refractivity contribution is 0.0528. The van der Waals surface area contributed by atoms with Crippen molar-refractivity contribution in [3.63, 3.8) is 0 Å². The molecule has 0 aromatic heterocycles. The molecule has 5 heteroatoms. The Labute approximate surface area is 121 Å². The average Bonchev–Trinajstić information content (AvgIpc) is 2.30. The molecule has 1 rings (SSSR count). The van der Waals surface area contributed by atoms with Crippen molar-refractivity contribution >= 4 is 6.09 Å². The quantitative estimate of drug-likeness (QED) is 0.795. The Morgan fingerprint density at radius 1 is 1.30 bits per heavy atom. The van der Waals surface area contributed by atoms with Crippen LogP contribution in [0.3, 0.4) is 0 Å². The molecule has 5 nitrogen and oxygen atoms in total. The molecule has 1 amide bonds. The monoisotopic (exact) mass is 282 g/mol. The fourth-order valence-electron chi connectivity index (χ4n) is 1.29. The third kappa shape index (κ3) is 10.2. The number of hydrogen-bond acceptors (Lipinski definition) is 4. The van der Waals surface area contributed by atoms with Gasteiger partial charge in [0.1, 0.15) is 11.4 Å². The van der Waals surface area contributed by atoms with E-state index < -0.39 is 11.7 Å². The molecular weight excluding hydrogens is 256 g/mol. The summed E-state index contributed by atoms with van der Waals surface area (Å²) in [6.45, 7) is 8.64. The highest BCUT2D eigenvalue weighted by Gasteiger charge is 2.15. The molecule has 0 aliphatic heterocycles. The number of hydrogen-bond donors (Lipinski definition) is 3. The highest BCUT2D eigenvalue weighted by atomic mass is 16.6. The minimum atomic E-state index is -0.470. The van der Waals surface area contributed by atoms with Crippen molar-refractivity contribution in [2.75, 3.05) is 13.1 Å². The van der Waals surface area contributed by atoms with Crippen molar-refractivity contribution in [1.82, 2.24) is 5.32 Å². The van der Waals surface area contributed by atoms with E-state index in [4.69, 9.17) is 15.6 Å². The Balaban J connectivity index is 0.00000110. The molecule has 1 aromatic rings. The predicted molar refractivity (Wildman–Crippen MR) is 80.8 cm³/mol. The van der Waals surface area contributed by atoms with Gasteiger partial charge in [0.2, 0.25) is 0 Å². The van der Waals surface area contributed by atoms with Gasteiger partial charge in [-0.1, -0.05) is 19.1 Å². The molecule has 20 heavy (non-hydrogen) atoms. The average molecular weight is 282 g/mol. The first kappa shape index (κ1) is 18.2. The summed E-state index contributed by atoms with van der Waals surface area (Å²) in [5, 5.41) is 11.8. The third-order valence-corrected chi connectivity index (χ3v) is 2.02. The van der Waals surface area contributed by atoms with Crippen LogP contribution in [0.1, 0.15) is 33.3 Å². The number of ether oxygens (including phenoxy) is 1. The number of nitrogens with two attached hydrogens (primary N) is 1. The molecule has 0 heterocycles. The molecule has 0 radical (unpaired) electrons. The van der Waals surface area contributed by atoms with Crippen molar-refractivity contribution < 1.29 is 14.6 Å². The summed E-state index contributed by atoms with van der Waals surface area (Å²) in [5.74, 6) is 0.244. The van der Waals surface area contributed by atoms with Crippen LogP contribution in [0, 0.1) is 0 Å². The van der Waals surface area contributed by atoms with Gasteiger partial charge in [0.05, 0.1) is 0 Å². The van der Waals surface area contributed by atoms with Crippen LogP contribution in [0.5, 0.6) is 5.75 Å². The van der Waals surface area contributed by atoms with Gasteiger partial charge in [0.25, 0.3) is 0 Å². The zero-order valence-electron chi connectivity index (χ0n) is 12.8. The summed E-state index contributed by atoms with van der Waals surface area (Å²) >= 11 is 0. The molecule has 0 unspecified atom stereocenters. The fraction of sp³-hybridized carbons (Fsp3) is 0.533. The SMILES string of the molecule is CC(C)(C)OC(=O)NCCc1ccc(O)cc1.CCN. The van der Waals surface area contributed by atoms with E-state index in [2.05, 4.69) is 5.32 Å². The van der Waals surface area contributed by atoms with Gasteiger partial charge < -0.3 is 20.9 Å². The Hall–Kier alpha value is -1.75. The lowest BCUT2D eigenvalue weighted by Gasteiger charge is -2.19. The maximum Gasteiger partial charge on any atom is 0.407 e. The maximum atomic E-state index is 11.3. The van der Waals surface area contributed by atoms with Crippen LogP contribution in [-0.4, -0.2) is 29.9 Å². The predicted octanol–water partition coefficient (Wildman–Crippen LogP) is 2.42. The van der Waals surface area contributed by atoms with E-state index in [9.17, 15) is 4.79 Å². The molecule has 114 valence electrons. The largest absolute Gasteiger partial charge is 0.508 e. The van der Waals surface area contributed by atoms with Gasteiger partial charge in [0, 0.05) is 6.54 Å². The molecule has 0 aliphatic carbocycles. The van der Waals surface area contributed by atoms with Crippen LogP contribution in [-0.2, 0) is 11.2 Å². The standard InChI is InChI=1S/C13H19NO3.C2H7N/c1-13(2,3)17-12(16)14-9-8-10-4-6-11(15)7-5-10;1-2-3/h4-7,15H,8-9H2,1-3H3,(H,14,16);2-3H2,1H3. The molecule has 0 atom stereocenters. The molecular formula is C15H26N2O3. The number of phenols is 1. The van der Waals surface area contributed by atoms with Gasteiger partial charge in [-0.05, 0) is 51.4 Å². The van der Waals surface area contributed by atoms with Crippen molar-refractivity contribution in [3.8, 4) is 5.75 Å². The molecule has 1 aromatic carbocycles. The van der Waals surface area contributed by atoms with Crippen LogP contribution in [0.2, 0.25) is 0 Å². The van der Waals surface area contributed by atoms with E-state index in [0.717, 1.165) is 12.1 Å². The minimum Gasteiger partial charge on any atom is -0.508 e. The Kier molecular flexibility index (Phi) is 8.40. The van der Waals surface area contributed by atoms with Gasteiger partial charge in [-0.2, -0.15) is 0 Å². The van der Waals surface area contributed by atoms with E-state index in [1.807, 2.05) is 39.8 Å². The third-order valence-electron chi connectivity index (χ3n) is 2.02. The topological polar surface area (TPSA) is 84.6 Å². The van der Waals surface area contributed by atoms with Crippen LogP contribution in [0.15, 0.2) is 24.3 Å². The number of rotatable bonds is 3. The summed E-state index contributed by atoms with van der Waals surface area (Å²) < 4.78 is 5.10. The Bertz CT molecular complexity index is 383. The second-order valence-corrected chi connectivity index (χ2v) is 5.25. The zero-order valence-corrected chi connectivity index (χ0v) is 12.8. The Morgan fingerprint density at radius 3 is 2.25 bits per heavy atom. The number of nitrogens with one attached hydrogen (secondary N) is 1. The number of carbonyl (C=O) groups excluding carboxylic acids is 1. The van der Waals surface area contributed by atoms with E-state index in [1.54, 1.807) is 12.1 Å². The first-order valence-electron chi connectivity index (χ1n) is 6.73. The van der Waals surface area contributed by atoms with Crippen LogP contribution in [0.4, 0.5) is 4.79 Å². The van der Waals surface area contributed by atoms with E-state index >= 15 is 0 Å². The lowest BCUT2D eigenvalue weighted by atomic mass is 10.1. The summed E-state index contributed by atoms with van der Waals surface area (Å²) in [5.41, 5.74) is 5.43. The van der Waals surface area contributed by atoms with Gasteiger partial charge in [-0.15, -0.1) is 0 Å². The second-order valence-electron chi connectivity index (χ2n) is 5.25. The van der Waals surface area contributed by atoms with E-state index in [-0.39, 0.29) is 5.75 Å². The van der Waals surface area contributed by atoms with Gasteiger partial charge >= 0.3 is 6.09 Å². The van der Waals surface area contributed by atoms with Crippen LogP contribution >= 0.6 is 0 Å². The number of benzene rings is 1. The van der Waals surface area contributed by atoms with Crippen molar-refractivity contribution in [1.29, 1.82) is 0 Å². The van der Waals surface area contributed by atoms with E-state index in [0.29, 0.717) is 13.0 Å². The molecule has 0 saturated carbocycles. The zero-order chi connectivity index (χ0) is 15.6. The van der Waals surface area contributed by atoms with Gasteiger partial charge in [-0.3, -0.25) is 0 Å². The van der Waals surface area contributed by atoms with Crippen LogP contribution < -0.4 is 11.1 Å². The number of alkyl carbamates (subject to hydrolysis) is 1. The molecule has 0 aliphatic rings. The summed E-state index contributed by atoms with van der Waals surface area (Å²) in [6.07, 6.45) is 0.302. The number of phenolic OH excluding ortho intramolecular Hbond substituents is 1. The van der Waals surface area contributed by atoms with Gasteiger partial charge in [0.15, 0.2) is 0 Å². The second kappa shape index (κ2) is 9.20. The number of aromatic hydroxyl groups is 1. The first-order valence-corrected chi connectivity index (χ1v) is 6.73. The maximum absolute atomic E-state index is 11.3. The van der Waals surface area contributed by atoms with Crippen molar-refractivity contribution in [2.24, 2.45) is 5.73 Å². The first-order chi connectivity index (χ1) is 9.28. The van der Waals surface area contributed by atoms with Gasteiger partial charge in [-0.25, -0.2) is 4.79 Å². The molecule has 0 fully saturated rings.